The molecule has 0 bridgehead atoms. The van der Waals surface area contributed by atoms with Crippen molar-refractivity contribution in [2.75, 3.05) is 26.1 Å². The number of methoxy groups -OCH3 is 2. The van der Waals surface area contributed by atoms with Crippen molar-refractivity contribution < 1.29 is 23.6 Å². The van der Waals surface area contributed by atoms with Gasteiger partial charge >= 0.3 is 0 Å². The minimum Gasteiger partial charge on any atom is -0.497 e. The number of benzene rings is 2. The normalized spacial score (nSPS) is 13.5. The highest BCUT2D eigenvalue weighted by Crippen LogP contribution is 2.29. The first-order valence-corrected chi connectivity index (χ1v) is 9.86. The van der Waals surface area contributed by atoms with Crippen LogP contribution in [0.5, 0.6) is 11.5 Å². The Morgan fingerprint density at radius 1 is 1.12 bits per heavy atom. The molecule has 1 aliphatic rings. The Balaban J connectivity index is 1.48. The van der Waals surface area contributed by atoms with Crippen molar-refractivity contribution in [3.05, 3.63) is 54.4 Å². The second-order valence-electron chi connectivity index (χ2n) is 6.90. The largest absolute Gasteiger partial charge is 0.497 e. The number of hydrogen-bond donors (Lipinski definition) is 1. The van der Waals surface area contributed by atoms with Crippen molar-refractivity contribution in [3.63, 3.8) is 0 Å². The van der Waals surface area contributed by atoms with Gasteiger partial charge in [-0.3, -0.25) is 9.59 Å². The Morgan fingerprint density at radius 2 is 1.94 bits per heavy atom. The number of rotatable bonds is 7. The van der Waals surface area contributed by atoms with Gasteiger partial charge in [0.1, 0.15) is 23.8 Å². The molecule has 0 saturated heterocycles. The number of carbonyl (C=O) groups excluding carboxylic acids is 2. The number of carbonyl (C=O) groups is 2. The van der Waals surface area contributed by atoms with Crippen LogP contribution < -0.4 is 14.8 Å². The highest BCUT2D eigenvalue weighted by Gasteiger charge is 2.26. The van der Waals surface area contributed by atoms with Crippen LogP contribution in [0.15, 0.2) is 58.2 Å². The maximum absolute atomic E-state index is 12.6. The van der Waals surface area contributed by atoms with Gasteiger partial charge in [0.2, 0.25) is 17.6 Å². The fourth-order valence-electron chi connectivity index (χ4n) is 3.15. The third kappa shape index (κ3) is 4.59. The minimum atomic E-state index is -0.428. The molecule has 0 aliphatic carbocycles. The van der Waals surface area contributed by atoms with E-state index in [9.17, 15) is 9.59 Å². The monoisotopic (exact) mass is 435 g/mol. The van der Waals surface area contributed by atoms with Gasteiger partial charge in [-0.25, -0.2) is 5.01 Å². The molecule has 1 N–H and O–H groups in total. The number of hydrogen-bond acceptors (Lipinski definition) is 8. The maximum atomic E-state index is 12.6. The molecule has 0 radical (unpaired) electrons. The van der Waals surface area contributed by atoms with E-state index in [4.69, 9.17) is 14.0 Å². The van der Waals surface area contributed by atoms with Gasteiger partial charge in [-0.15, -0.1) is 0 Å². The minimum absolute atomic E-state index is 0.182. The summed E-state index contributed by atoms with van der Waals surface area (Å²) in [4.78, 5) is 29.3. The first-order chi connectivity index (χ1) is 15.6. The summed E-state index contributed by atoms with van der Waals surface area (Å²) in [6.45, 7) is -0.267. The summed E-state index contributed by atoms with van der Waals surface area (Å²) in [5.74, 6) is 0.978. The summed E-state index contributed by atoms with van der Waals surface area (Å²) in [5.41, 5.74) is 1.71. The van der Waals surface area contributed by atoms with E-state index in [1.165, 1.54) is 14.2 Å². The quantitative estimate of drug-likeness (QED) is 0.606. The summed E-state index contributed by atoms with van der Waals surface area (Å²) in [5, 5.41) is 12.1. The number of nitrogens with zero attached hydrogens (tertiary/aromatic N) is 4. The van der Waals surface area contributed by atoms with E-state index < -0.39 is 5.91 Å². The molecular formula is C22H21N5O5. The molecule has 1 aliphatic heterocycles. The first-order valence-electron chi connectivity index (χ1n) is 9.86. The van der Waals surface area contributed by atoms with Crippen LogP contribution in [0, 0.1) is 0 Å². The summed E-state index contributed by atoms with van der Waals surface area (Å²) in [7, 11) is 3.03. The number of hydrazone groups is 1. The van der Waals surface area contributed by atoms with E-state index in [-0.39, 0.29) is 24.8 Å². The number of ether oxygens (including phenoxy) is 2. The van der Waals surface area contributed by atoms with E-state index in [1.54, 1.807) is 18.2 Å². The zero-order chi connectivity index (χ0) is 22.5. The second kappa shape index (κ2) is 9.29. The molecule has 0 unspecified atom stereocenters. The SMILES string of the molecule is COc1ccc(NC(=O)CN2N=C(c3nc(-c4ccccc4)no3)CCC2=O)c(OC)c1. The summed E-state index contributed by atoms with van der Waals surface area (Å²) in [6, 6.07) is 14.4. The lowest BCUT2D eigenvalue weighted by atomic mass is 10.1. The fourth-order valence-corrected chi connectivity index (χ4v) is 3.15. The fraction of sp³-hybridized carbons (Fsp3) is 0.227. The number of aromatic nitrogens is 2. The molecule has 0 saturated carbocycles. The second-order valence-corrected chi connectivity index (χ2v) is 6.90. The van der Waals surface area contributed by atoms with Gasteiger partial charge in [0.15, 0.2) is 0 Å². The van der Waals surface area contributed by atoms with E-state index in [0.29, 0.717) is 35.1 Å². The third-order valence-electron chi connectivity index (χ3n) is 4.79. The molecule has 1 aromatic heterocycles. The highest BCUT2D eigenvalue weighted by molar-refractivity contribution is 6.02. The predicted octanol–water partition coefficient (Wildman–Crippen LogP) is 2.72. The van der Waals surface area contributed by atoms with Crippen LogP contribution in [0.4, 0.5) is 5.69 Å². The van der Waals surface area contributed by atoms with Crippen LogP contribution in [0.3, 0.4) is 0 Å². The Labute approximate surface area is 183 Å². The lowest BCUT2D eigenvalue weighted by molar-refractivity contribution is -0.135. The van der Waals surface area contributed by atoms with Crippen LogP contribution >= 0.6 is 0 Å². The third-order valence-corrected chi connectivity index (χ3v) is 4.79. The van der Waals surface area contributed by atoms with Crippen LogP contribution in [0.1, 0.15) is 18.7 Å². The molecule has 10 heteroatoms. The van der Waals surface area contributed by atoms with Gasteiger partial charge < -0.3 is 19.3 Å². The van der Waals surface area contributed by atoms with Crippen molar-refractivity contribution in [2.45, 2.75) is 12.8 Å². The van der Waals surface area contributed by atoms with Crippen LogP contribution in [0.25, 0.3) is 11.4 Å². The molecule has 32 heavy (non-hydrogen) atoms. The number of anilines is 1. The molecule has 4 rings (SSSR count). The molecule has 164 valence electrons. The molecule has 2 amide bonds. The Kier molecular flexibility index (Phi) is 6.11. The summed E-state index contributed by atoms with van der Waals surface area (Å²) < 4.78 is 15.8. The van der Waals surface area contributed by atoms with Gasteiger partial charge in [-0.05, 0) is 12.1 Å². The highest BCUT2D eigenvalue weighted by atomic mass is 16.5. The standard InChI is InChI=1S/C22H21N5O5/c1-30-15-8-9-16(18(12-15)31-2)23-19(28)13-27-20(29)11-10-17(25-27)22-24-21(26-32-22)14-6-4-3-5-7-14/h3-9,12H,10-11,13H2,1-2H3,(H,23,28). The molecular weight excluding hydrogens is 414 g/mol. The van der Waals surface area contributed by atoms with Crippen molar-refractivity contribution in [3.8, 4) is 22.9 Å². The average Bonchev–Trinajstić information content (AvgIpc) is 3.31. The number of amides is 2. The predicted molar refractivity (Wildman–Crippen MR) is 115 cm³/mol. The van der Waals surface area contributed by atoms with Crippen LogP contribution in [-0.4, -0.2) is 53.4 Å². The van der Waals surface area contributed by atoms with Gasteiger partial charge in [-0.1, -0.05) is 35.5 Å². The van der Waals surface area contributed by atoms with E-state index in [1.807, 2.05) is 30.3 Å². The van der Waals surface area contributed by atoms with Crippen LogP contribution in [0.2, 0.25) is 0 Å². The molecule has 10 nitrogen and oxygen atoms in total. The lowest BCUT2D eigenvalue weighted by Gasteiger charge is -2.22. The van der Waals surface area contributed by atoms with Crippen molar-refractivity contribution in [1.82, 2.24) is 15.1 Å². The lowest BCUT2D eigenvalue weighted by Crippen LogP contribution is -2.38. The van der Waals surface area contributed by atoms with Crippen LogP contribution in [-0.2, 0) is 9.59 Å². The first kappa shape index (κ1) is 21.0. The van der Waals surface area contributed by atoms with Gasteiger partial charge in [-0.2, -0.15) is 10.1 Å². The van der Waals surface area contributed by atoms with E-state index in [2.05, 4.69) is 20.6 Å². The number of nitrogens with one attached hydrogen (secondary N) is 1. The Morgan fingerprint density at radius 3 is 2.69 bits per heavy atom. The Hall–Kier alpha value is -4.21. The summed E-state index contributed by atoms with van der Waals surface area (Å²) in [6.07, 6.45) is 0.528. The maximum Gasteiger partial charge on any atom is 0.274 e. The molecule has 0 atom stereocenters. The van der Waals surface area contributed by atoms with Crippen molar-refractivity contribution in [2.24, 2.45) is 5.10 Å². The average molecular weight is 435 g/mol. The molecule has 0 fully saturated rings. The zero-order valence-electron chi connectivity index (χ0n) is 17.6. The molecule has 2 heterocycles. The molecule has 3 aromatic rings. The molecule has 2 aromatic carbocycles. The zero-order valence-corrected chi connectivity index (χ0v) is 17.6. The Bertz CT molecular complexity index is 1160. The van der Waals surface area contributed by atoms with Gasteiger partial charge in [0, 0.05) is 24.5 Å². The van der Waals surface area contributed by atoms with Gasteiger partial charge in [0.25, 0.3) is 5.89 Å². The van der Waals surface area contributed by atoms with E-state index in [0.717, 1.165) is 10.6 Å². The molecule has 0 spiro atoms. The summed E-state index contributed by atoms with van der Waals surface area (Å²) >= 11 is 0. The van der Waals surface area contributed by atoms with Gasteiger partial charge in [0.05, 0.1) is 19.9 Å². The topological polar surface area (TPSA) is 119 Å². The van der Waals surface area contributed by atoms with E-state index >= 15 is 0 Å². The van der Waals surface area contributed by atoms with Crippen molar-refractivity contribution in [1.29, 1.82) is 0 Å². The smallest absolute Gasteiger partial charge is 0.274 e. The van der Waals surface area contributed by atoms with Crippen molar-refractivity contribution >= 4 is 23.2 Å².